The second-order valence-electron chi connectivity index (χ2n) is 6.35. The van der Waals surface area contributed by atoms with Gasteiger partial charge in [0, 0.05) is 23.8 Å². The first-order chi connectivity index (χ1) is 9.69. The molecule has 0 spiro atoms. The fourth-order valence-corrected chi connectivity index (χ4v) is 3.99. The van der Waals surface area contributed by atoms with Gasteiger partial charge >= 0.3 is 0 Å². The summed E-state index contributed by atoms with van der Waals surface area (Å²) in [5.41, 5.74) is 2.31. The maximum absolute atomic E-state index is 13.3. The molecule has 1 aromatic carbocycles. The van der Waals surface area contributed by atoms with Gasteiger partial charge in [0.2, 0.25) is 0 Å². The summed E-state index contributed by atoms with van der Waals surface area (Å²) < 4.78 is 13.3. The summed E-state index contributed by atoms with van der Waals surface area (Å²) in [6.45, 7) is 5.37. The Morgan fingerprint density at radius 1 is 1.25 bits per heavy atom. The van der Waals surface area contributed by atoms with Crippen LogP contribution < -0.4 is 10.2 Å². The number of fused-ring (bicyclic) bond motifs is 2. The lowest BCUT2D eigenvalue weighted by Gasteiger charge is -2.41. The number of hydrogen-bond donors (Lipinski definition) is 1. The van der Waals surface area contributed by atoms with Gasteiger partial charge in [0.05, 0.1) is 0 Å². The first-order valence-electron chi connectivity index (χ1n) is 7.97. The second-order valence-corrected chi connectivity index (χ2v) is 6.35. The van der Waals surface area contributed by atoms with E-state index in [0.717, 1.165) is 12.1 Å². The van der Waals surface area contributed by atoms with Gasteiger partial charge in [0.25, 0.3) is 0 Å². The molecule has 2 fully saturated rings. The topological polar surface area (TPSA) is 15.3 Å². The van der Waals surface area contributed by atoms with Crippen LogP contribution in [0.25, 0.3) is 0 Å². The van der Waals surface area contributed by atoms with Gasteiger partial charge < -0.3 is 10.2 Å². The number of halogens is 1. The summed E-state index contributed by atoms with van der Waals surface area (Å²) >= 11 is 0. The summed E-state index contributed by atoms with van der Waals surface area (Å²) in [6, 6.07) is 7.17. The molecule has 2 saturated heterocycles. The fraction of sp³-hybridized carbons (Fsp3) is 0.647. The summed E-state index contributed by atoms with van der Waals surface area (Å²) in [7, 11) is 0. The smallest absolute Gasteiger partial charge is 0.123 e. The predicted molar refractivity (Wildman–Crippen MR) is 81.7 cm³/mol. The van der Waals surface area contributed by atoms with Crippen molar-refractivity contribution in [3.63, 3.8) is 0 Å². The van der Waals surface area contributed by atoms with Crippen LogP contribution in [0.1, 0.15) is 44.6 Å². The predicted octanol–water partition coefficient (Wildman–Crippen LogP) is 3.63. The first kappa shape index (κ1) is 13.9. The molecule has 2 aliphatic heterocycles. The van der Waals surface area contributed by atoms with Gasteiger partial charge in [-0.05, 0) is 69.3 Å². The molecule has 2 atom stereocenters. The lowest BCUT2D eigenvalue weighted by atomic mass is 9.95. The van der Waals surface area contributed by atoms with Crippen molar-refractivity contribution < 1.29 is 4.39 Å². The van der Waals surface area contributed by atoms with E-state index in [9.17, 15) is 4.39 Å². The van der Waals surface area contributed by atoms with E-state index in [1.165, 1.54) is 37.8 Å². The van der Waals surface area contributed by atoms with Gasteiger partial charge in [-0.3, -0.25) is 0 Å². The van der Waals surface area contributed by atoms with E-state index in [1.54, 1.807) is 12.1 Å². The highest BCUT2D eigenvalue weighted by atomic mass is 19.1. The minimum atomic E-state index is -0.127. The Kier molecular flexibility index (Phi) is 3.97. The molecule has 2 heterocycles. The lowest BCUT2D eigenvalue weighted by Crippen LogP contribution is -2.49. The minimum absolute atomic E-state index is 0.127. The molecule has 2 aliphatic rings. The van der Waals surface area contributed by atoms with Crippen molar-refractivity contribution in [2.75, 3.05) is 11.4 Å². The molecule has 3 rings (SSSR count). The number of nitrogens with zero attached hydrogens (tertiary/aromatic N) is 1. The van der Waals surface area contributed by atoms with E-state index in [2.05, 4.69) is 17.1 Å². The molecule has 0 aliphatic carbocycles. The number of nitrogens with one attached hydrogen (secondary N) is 1. The number of piperidine rings is 1. The van der Waals surface area contributed by atoms with Crippen LogP contribution in [-0.2, 0) is 0 Å². The molecule has 2 unspecified atom stereocenters. The molecular formula is C17H25FN2. The average Bonchev–Trinajstić information content (AvgIpc) is 2.68. The number of aryl methyl sites for hydroxylation is 1. The Balaban J connectivity index is 1.76. The highest BCUT2D eigenvalue weighted by molar-refractivity contribution is 5.56. The Morgan fingerprint density at radius 2 is 1.95 bits per heavy atom. The molecule has 20 heavy (non-hydrogen) atoms. The molecule has 0 aromatic heterocycles. The second kappa shape index (κ2) is 5.72. The van der Waals surface area contributed by atoms with E-state index in [1.807, 2.05) is 13.0 Å². The zero-order valence-electron chi connectivity index (χ0n) is 12.5. The fourth-order valence-electron chi connectivity index (χ4n) is 3.99. The molecule has 1 aromatic rings. The molecule has 2 bridgehead atoms. The lowest BCUT2D eigenvalue weighted by molar-refractivity contribution is 0.356. The number of benzene rings is 1. The van der Waals surface area contributed by atoms with Gasteiger partial charge in [-0.2, -0.15) is 0 Å². The van der Waals surface area contributed by atoms with E-state index in [-0.39, 0.29) is 5.82 Å². The number of anilines is 1. The van der Waals surface area contributed by atoms with E-state index < -0.39 is 0 Å². The third kappa shape index (κ3) is 2.56. The number of hydrogen-bond acceptors (Lipinski definition) is 2. The van der Waals surface area contributed by atoms with Gasteiger partial charge in [-0.15, -0.1) is 0 Å². The summed E-state index contributed by atoms with van der Waals surface area (Å²) in [6.07, 6.45) is 6.23. The Hall–Kier alpha value is -1.09. The first-order valence-corrected chi connectivity index (χ1v) is 7.97. The van der Waals surface area contributed by atoms with Gasteiger partial charge in [-0.25, -0.2) is 4.39 Å². The van der Waals surface area contributed by atoms with E-state index in [4.69, 9.17) is 0 Å². The van der Waals surface area contributed by atoms with Crippen molar-refractivity contribution in [2.24, 2.45) is 0 Å². The Morgan fingerprint density at radius 3 is 2.55 bits per heavy atom. The van der Waals surface area contributed by atoms with Crippen LogP contribution in [0.3, 0.4) is 0 Å². The van der Waals surface area contributed by atoms with Crippen molar-refractivity contribution in [2.45, 2.75) is 64.1 Å². The highest BCUT2D eigenvalue weighted by Gasteiger charge is 2.40. The van der Waals surface area contributed by atoms with Crippen LogP contribution in [0, 0.1) is 12.7 Å². The van der Waals surface area contributed by atoms with Crippen molar-refractivity contribution in [3.05, 3.63) is 29.6 Å². The van der Waals surface area contributed by atoms with Crippen molar-refractivity contribution >= 4 is 5.69 Å². The highest BCUT2D eigenvalue weighted by Crippen LogP contribution is 2.40. The quantitative estimate of drug-likeness (QED) is 0.903. The monoisotopic (exact) mass is 276 g/mol. The maximum atomic E-state index is 13.3. The van der Waals surface area contributed by atoms with Crippen LogP contribution in [-0.4, -0.2) is 24.7 Å². The van der Waals surface area contributed by atoms with Crippen LogP contribution in [0.4, 0.5) is 10.1 Å². The molecule has 110 valence electrons. The number of rotatable bonds is 4. The average molecular weight is 276 g/mol. The van der Waals surface area contributed by atoms with Gasteiger partial charge in [0.15, 0.2) is 0 Å². The van der Waals surface area contributed by atoms with Gasteiger partial charge in [0.1, 0.15) is 5.82 Å². The third-order valence-electron chi connectivity index (χ3n) is 4.85. The Bertz CT molecular complexity index is 460. The largest absolute Gasteiger partial charge is 0.365 e. The molecule has 2 nitrogen and oxygen atoms in total. The van der Waals surface area contributed by atoms with Gasteiger partial charge in [-0.1, -0.05) is 6.92 Å². The van der Waals surface area contributed by atoms with Crippen LogP contribution in [0.5, 0.6) is 0 Å². The summed E-state index contributed by atoms with van der Waals surface area (Å²) in [5, 5.41) is 3.68. The Labute approximate surface area is 121 Å². The third-order valence-corrected chi connectivity index (χ3v) is 4.85. The normalized spacial score (nSPS) is 28.9. The summed E-state index contributed by atoms with van der Waals surface area (Å²) in [5.74, 6) is -0.127. The van der Waals surface area contributed by atoms with Crippen LogP contribution >= 0.6 is 0 Å². The van der Waals surface area contributed by atoms with E-state index in [0.29, 0.717) is 18.1 Å². The van der Waals surface area contributed by atoms with Crippen LogP contribution in [0.15, 0.2) is 18.2 Å². The molecule has 3 heteroatoms. The van der Waals surface area contributed by atoms with Crippen molar-refractivity contribution in [1.82, 2.24) is 5.32 Å². The van der Waals surface area contributed by atoms with Crippen molar-refractivity contribution in [1.29, 1.82) is 0 Å². The standard InChI is InChI=1S/C17H25FN2/c1-3-8-19-14-10-15-5-6-16(11-14)20(15)17-7-4-13(18)9-12(17)2/h4,7,9,14-16,19H,3,5-6,8,10-11H2,1-2H3. The van der Waals surface area contributed by atoms with E-state index >= 15 is 0 Å². The van der Waals surface area contributed by atoms with Crippen LogP contribution in [0.2, 0.25) is 0 Å². The molecule has 0 saturated carbocycles. The maximum Gasteiger partial charge on any atom is 0.123 e. The molecular weight excluding hydrogens is 251 g/mol. The SMILES string of the molecule is CCCNC1CC2CCC(C1)N2c1ccc(F)cc1C. The molecule has 0 radical (unpaired) electrons. The van der Waals surface area contributed by atoms with Crippen molar-refractivity contribution in [3.8, 4) is 0 Å². The zero-order valence-corrected chi connectivity index (χ0v) is 12.5. The summed E-state index contributed by atoms with van der Waals surface area (Å²) in [4.78, 5) is 2.57. The molecule has 1 N–H and O–H groups in total. The molecule has 0 amide bonds. The minimum Gasteiger partial charge on any atom is -0.365 e. The zero-order chi connectivity index (χ0) is 14.1.